The van der Waals surface area contributed by atoms with Gasteiger partial charge in [-0.05, 0) is 18.1 Å². The molecule has 0 spiro atoms. The normalized spacial score (nSPS) is 18.7. The number of ether oxygens (including phenoxy) is 2. The Morgan fingerprint density at radius 2 is 2.17 bits per heavy atom. The van der Waals surface area contributed by atoms with Gasteiger partial charge in [0.25, 0.3) is 0 Å². The van der Waals surface area contributed by atoms with Crippen molar-refractivity contribution in [2.24, 2.45) is 10.9 Å². The Labute approximate surface area is 149 Å². The van der Waals surface area contributed by atoms with Crippen LogP contribution in [0.15, 0.2) is 23.2 Å². The Kier molecular flexibility index (Phi) is 7.09. The van der Waals surface area contributed by atoms with Crippen LogP contribution in [0.2, 0.25) is 0 Å². The Morgan fingerprint density at radius 3 is 2.79 bits per heavy atom. The van der Waals surface area contributed by atoms with E-state index in [1.165, 1.54) is 0 Å². The summed E-state index contributed by atoms with van der Waals surface area (Å²) >= 11 is 2.07. The average molecular weight is 352 g/mol. The van der Waals surface area contributed by atoms with Gasteiger partial charge >= 0.3 is 0 Å². The van der Waals surface area contributed by atoms with Gasteiger partial charge < -0.3 is 19.7 Å². The molecular weight excluding hydrogens is 322 g/mol. The van der Waals surface area contributed by atoms with Gasteiger partial charge in [0.2, 0.25) is 0 Å². The molecule has 1 saturated heterocycles. The van der Waals surface area contributed by atoms with Crippen molar-refractivity contribution < 1.29 is 9.47 Å². The van der Waals surface area contributed by atoms with Crippen molar-refractivity contribution in [3.05, 3.63) is 23.8 Å². The highest BCUT2D eigenvalue weighted by Gasteiger charge is 2.24. The average Bonchev–Trinajstić information content (AvgIpc) is 2.62. The van der Waals surface area contributed by atoms with Crippen molar-refractivity contribution in [3.8, 4) is 11.5 Å². The van der Waals surface area contributed by atoms with E-state index >= 15 is 0 Å². The fourth-order valence-corrected chi connectivity index (χ4v) is 4.07. The molecule has 1 aromatic rings. The van der Waals surface area contributed by atoms with Crippen molar-refractivity contribution in [2.45, 2.75) is 25.6 Å². The van der Waals surface area contributed by atoms with E-state index in [0.29, 0.717) is 17.7 Å². The molecule has 1 aliphatic rings. The van der Waals surface area contributed by atoms with Gasteiger partial charge in [0.15, 0.2) is 5.96 Å². The molecule has 1 unspecified atom stereocenters. The van der Waals surface area contributed by atoms with Gasteiger partial charge in [0.05, 0.1) is 14.2 Å². The summed E-state index contributed by atoms with van der Waals surface area (Å²) in [5.41, 5.74) is 1.09. The molecular formula is C18H29N3O2S. The lowest BCUT2D eigenvalue weighted by Gasteiger charge is -2.36. The minimum atomic E-state index is 0.660. The number of methoxy groups -OCH3 is 2. The summed E-state index contributed by atoms with van der Waals surface area (Å²) < 4.78 is 10.7. The van der Waals surface area contributed by atoms with Crippen molar-refractivity contribution >= 4 is 17.7 Å². The number of nitrogens with one attached hydrogen (secondary N) is 1. The van der Waals surface area contributed by atoms with Gasteiger partial charge in [-0.25, -0.2) is 0 Å². The zero-order valence-electron chi connectivity index (χ0n) is 15.3. The van der Waals surface area contributed by atoms with Gasteiger partial charge in [-0.1, -0.05) is 13.8 Å². The molecule has 134 valence electrons. The van der Waals surface area contributed by atoms with Gasteiger partial charge in [0, 0.05) is 49.3 Å². The number of rotatable bonds is 5. The van der Waals surface area contributed by atoms with Gasteiger partial charge in [-0.15, -0.1) is 0 Å². The number of nitrogens with zero attached hydrogens (tertiary/aromatic N) is 2. The van der Waals surface area contributed by atoms with Crippen LogP contribution in [0.1, 0.15) is 19.4 Å². The third-order valence-corrected chi connectivity index (χ3v) is 5.82. The molecule has 5 nitrogen and oxygen atoms in total. The molecule has 1 aromatic carbocycles. The minimum Gasteiger partial charge on any atom is -0.497 e. The second-order valence-corrected chi connectivity index (χ2v) is 7.52. The van der Waals surface area contributed by atoms with Gasteiger partial charge in [-0.2, -0.15) is 11.8 Å². The van der Waals surface area contributed by atoms with E-state index < -0.39 is 0 Å². The van der Waals surface area contributed by atoms with E-state index in [1.54, 1.807) is 14.2 Å². The van der Waals surface area contributed by atoms with Crippen LogP contribution in [0.25, 0.3) is 0 Å². The molecule has 0 saturated carbocycles. The first kappa shape index (κ1) is 18.8. The lowest BCUT2D eigenvalue weighted by molar-refractivity contribution is 0.378. The molecule has 0 radical (unpaired) electrons. The highest BCUT2D eigenvalue weighted by Crippen LogP contribution is 2.26. The van der Waals surface area contributed by atoms with Crippen LogP contribution in [0.5, 0.6) is 11.5 Å². The number of benzene rings is 1. The van der Waals surface area contributed by atoms with Crippen LogP contribution in [0.4, 0.5) is 0 Å². The van der Waals surface area contributed by atoms with Crippen LogP contribution in [0, 0.1) is 5.92 Å². The second kappa shape index (κ2) is 9.06. The predicted octanol–water partition coefficient (Wildman–Crippen LogP) is 2.85. The number of thioether (sulfide) groups is 1. The fraction of sp³-hybridized carbons (Fsp3) is 0.611. The summed E-state index contributed by atoms with van der Waals surface area (Å²) in [6, 6.07) is 5.89. The van der Waals surface area contributed by atoms with Gasteiger partial charge in [-0.3, -0.25) is 4.99 Å². The van der Waals surface area contributed by atoms with E-state index in [9.17, 15) is 0 Å². The number of hydrogen-bond acceptors (Lipinski definition) is 4. The fourth-order valence-electron chi connectivity index (χ4n) is 2.78. The lowest BCUT2D eigenvalue weighted by atomic mass is 10.1. The maximum absolute atomic E-state index is 5.47. The molecule has 0 aliphatic carbocycles. The maximum atomic E-state index is 5.47. The van der Waals surface area contributed by atoms with Crippen LogP contribution in [0.3, 0.4) is 0 Å². The number of guanidine groups is 1. The predicted molar refractivity (Wildman–Crippen MR) is 102 cm³/mol. The Morgan fingerprint density at radius 1 is 1.38 bits per heavy atom. The number of aliphatic imine (C=N–C) groups is 1. The summed E-state index contributed by atoms with van der Waals surface area (Å²) in [5, 5.41) is 4.13. The highest BCUT2D eigenvalue weighted by molar-refractivity contribution is 8.00. The molecule has 6 heteroatoms. The van der Waals surface area contributed by atoms with Crippen LogP contribution in [-0.4, -0.2) is 56.2 Å². The SMILES string of the molecule is CN=C(NCc1ccc(OC)cc1OC)N1CCSC(C(C)C)C1. The monoisotopic (exact) mass is 351 g/mol. The maximum Gasteiger partial charge on any atom is 0.193 e. The lowest BCUT2D eigenvalue weighted by Crippen LogP contribution is -2.48. The van der Waals surface area contributed by atoms with E-state index in [1.807, 2.05) is 25.2 Å². The largest absolute Gasteiger partial charge is 0.497 e. The third kappa shape index (κ3) is 4.72. The molecule has 0 aromatic heterocycles. The summed E-state index contributed by atoms with van der Waals surface area (Å²) in [4.78, 5) is 6.82. The summed E-state index contributed by atoms with van der Waals surface area (Å²) in [6.45, 7) is 7.34. The molecule has 1 heterocycles. The van der Waals surface area contributed by atoms with E-state index in [-0.39, 0.29) is 0 Å². The first-order chi connectivity index (χ1) is 11.6. The van der Waals surface area contributed by atoms with Gasteiger partial charge in [0.1, 0.15) is 11.5 Å². The van der Waals surface area contributed by atoms with E-state index in [4.69, 9.17) is 9.47 Å². The molecule has 1 fully saturated rings. The van der Waals surface area contributed by atoms with Crippen molar-refractivity contribution in [1.29, 1.82) is 0 Å². The Balaban J connectivity index is 2.01. The third-order valence-electron chi connectivity index (χ3n) is 4.28. The topological polar surface area (TPSA) is 46.1 Å². The second-order valence-electron chi connectivity index (χ2n) is 6.18. The van der Waals surface area contributed by atoms with Crippen LogP contribution >= 0.6 is 11.8 Å². The zero-order valence-corrected chi connectivity index (χ0v) is 16.2. The van der Waals surface area contributed by atoms with Crippen molar-refractivity contribution in [1.82, 2.24) is 10.2 Å². The zero-order chi connectivity index (χ0) is 17.5. The first-order valence-corrected chi connectivity index (χ1v) is 9.42. The minimum absolute atomic E-state index is 0.660. The molecule has 0 bridgehead atoms. The molecule has 2 rings (SSSR count). The first-order valence-electron chi connectivity index (χ1n) is 8.37. The van der Waals surface area contributed by atoms with E-state index in [0.717, 1.165) is 41.9 Å². The molecule has 1 atom stereocenters. The Bertz CT molecular complexity index is 563. The Hall–Kier alpha value is -1.56. The van der Waals surface area contributed by atoms with Crippen molar-refractivity contribution in [2.75, 3.05) is 40.1 Å². The summed E-state index contributed by atoms with van der Waals surface area (Å²) in [6.07, 6.45) is 0. The van der Waals surface area contributed by atoms with Crippen molar-refractivity contribution in [3.63, 3.8) is 0 Å². The molecule has 1 N–H and O–H groups in total. The summed E-state index contributed by atoms with van der Waals surface area (Å²) in [7, 11) is 5.19. The molecule has 1 aliphatic heterocycles. The number of hydrogen-bond donors (Lipinski definition) is 1. The quantitative estimate of drug-likeness (QED) is 0.653. The molecule has 0 amide bonds. The van der Waals surface area contributed by atoms with Crippen LogP contribution < -0.4 is 14.8 Å². The molecule has 24 heavy (non-hydrogen) atoms. The van der Waals surface area contributed by atoms with Crippen LogP contribution in [-0.2, 0) is 6.54 Å². The smallest absolute Gasteiger partial charge is 0.193 e. The van der Waals surface area contributed by atoms with E-state index in [2.05, 4.69) is 40.8 Å². The standard InChI is InChI=1S/C18H29N3O2S/c1-13(2)17-12-21(8-9-24-17)18(19-3)20-11-14-6-7-15(22-4)10-16(14)23-5/h6-7,10,13,17H,8-9,11-12H2,1-5H3,(H,19,20). The highest BCUT2D eigenvalue weighted by atomic mass is 32.2. The summed E-state index contributed by atoms with van der Waals surface area (Å²) in [5.74, 6) is 4.41.